The number of nitrogens with one attached hydrogen (secondary N) is 1. The van der Waals surface area contributed by atoms with Gasteiger partial charge in [0.1, 0.15) is 0 Å². The molecular weight excluding hydrogens is 170 g/mol. The lowest BCUT2D eigenvalue weighted by molar-refractivity contribution is 1.20. The molecule has 1 aliphatic heterocycles. The molecule has 0 radical (unpaired) electrons. The lowest BCUT2D eigenvalue weighted by Gasteiger charge is -1.79. The van der Waals surface area contributed by atoms with Gasteiger partial charge in [-0.2, -0.15) is 0 Å². The standard InChI is InChI=1S/C7H8.C6H7N/c2*1-2-4-6-7-5-3-1/h1-6H,7H2;1-7H. The van der Waals surface area contributed by atoms with Crippen LogP contribution in [0.3, 0.4) is 0 Å². The fraction of sp³-hybridized carbons (Fsp3) is 0.0769. The summed E-state index contributed by atoms with van der Waals surface area (Å²) in [7, 11) is 0. The molecule has 72 valence electrons. The molecule has 0 atom stereocenters. The molecule has 0 aromatic heterocycles. The van der Waals surface area contributed by atoms with E-state index >= 15 is 0 Å². The van der Waals surface area contributed by atoms with E-state index in [1.54, 1.807) is 0 Å². The van der Waals surface area contributed by atoms with Crippen molar-refractivity contribution in [2.24, 2.45) is 0 Å². The van der Waals surface area contributed by atoms with Gasteiger partial charge in [-0.1, -0.05) is 48.6 Å². The van der Waals surface area contributed by atoms with E-state index in [-0.39, 0.29) is 0 Å². The molecule has 0 saturated carbocycles. The molecule has 0 aromatic carbocycles. The van der Waals surface area contributed by atoms with Crippen molar-refractivity contribution in [2.45, 2.75) is 6.42 Å². The summed E-state index contributed by atoms with van der Waals surface area (Å²) >= 11 is 0. The highest BCUT2D eigenvalue weighted by Crippen LogP contribution is 1.92. The monoisotopic (exact) mass is 185 g/mol. The maximum absolute atomic E-state index is 2.92. The largest absolute Gasteiger partial charge is 0.368 e. The van der Waals surface area contributed by atoms with Gasteiger partial charge in [0.25, 0.3) is 0 Å². The van der Waals surface area contributed by atoms with Gasteiger partial charge in [0.05, 0.1) is 0 Å². The predicted octanol–water partition coefficient (Wildman–Crippen LogP) is 3.23. The third kappa shape index (κ3) is 5.84. The van der Waals surface area contributed by atoms with Crippen molar-refractivity contribution in [2.75, 3.05) is 0 Å². The Kier molecular flexibility index (Phi) is 5.80. The average Bonchev–Trinajstić information content (AvgIpc) is 2.68. The molecular formula is C13H15N. The van der Waals surface area contributed by atoms with Gasteiger partial charge in [-0.25, -0.2) is 0 Å². The molecule has 2 aliphatic rings. The highest BCUT2D eigenvalue weighted by molar-refractivity contribution is 5.16. The third-order valence-electron chi connectivity index (χ3n) is 1.60. The van der Waals surface area contributed by atoms with E-state index < -0.39 is 0 Å². The van der Waals surface area contributed by atoms with E-state index in [1.807, 2.05) is 48.9 Å². The minimum absolute atomic E-state index is 1.08. The topological polar surface area (TPSA) is 12.0 Å². The molecule has 0 spiro atoms. The molecule has 0 saturated heterocycles. The summed E-state index contributed by atoms with van der Waals surface area (Å²) in [5.41, 5.74) is 0. The van der Waals surface area contributed by atoms with Crippen LogP contribution in [0, 0.1) is 0 Å². The Morgan fingerprint density at radius 2 is 1.07 bits per heavy atom. The Morgan fingerprint density at radius 3 is 1.64 bits per heavy atom. The third-order valence-corrected chi connectivity index (χ3v) is 1.60. The molecule has 0 bridgehead atoms. The van der Waals surface area contributed by atoms with Gasteiger partial charge >= 0.3 is 0 Å². The van der Waals surface area contributed by atoms with Crippen LogP contribution in [0.4, 0.5) is 0 Å². The molecule has 1 heterocycles. The first-order valence-electron chi connectivity index (χ1n) is 4.73. The fourth-order valence-electron chi connectivity index (χ4n) is 0.927. The number of allylic oxidation sites excluding steroid dienone is 10. The minimum atomic E-state index is 1.08. The highest BCUT2D eigenvalue weighted by Gasteiger charge is 1.70. The molecule has 0 unspecified atom stereocenters. The second-order valence-corrected chi connectivity index (χ2v) is 2.75. The maximum atomic E-state index is 2.92. The number of hydrogen-bond acceptors (Lipinski definition) is 1. The molecule has 0 aromatic rings. The Balaban J connectivity index is 0.000000140. The van der Waals surface area contributed by atoms with Crippen LogP contribution in [-0.4, -0.2) is 0 Å². The van der Waals surface area contributed by atoms with Gasteiger partial charge < -0.3 is 5.32 Å². The first-order valence-corrected chi connectivity index (χ1v) is 4.73. The number of rotatable bonds is 0. The Hall–Kier alpha value is -1.76. The first kappa shape index (κ1) is 10.3. The molecule has 1 N–H and O–H groups in total. The summed E-state index contributed by atoms with van der Waals surface area (Å²) in [6.45, 7) is 0. The van der Waals surface area contributed by atoms with Crippen LogP contribution in [0.25, 0.3) is 0 Å². The van der Waals surface area contributed by atoms with E-state index in [4.69, 9.17) is 0 Å². The van der Waals surface area contributed by atoms with Crippen LogP contribution in [0.5, 0.6) is 0 Å². The quantitative estimate of drug-likeness (QED) is 0.611. The van der Waals surface area contributed by atoms with Crippen LogP contribution in [0.1, 0.15) is 6.42 Å². The molecule has 0 amide bonds. The Bertz CT molecular complexity index is 241. The predicted molar refractivity (Wildman–Crippen MR) is 62.6 cm³/mol. The van der Waals surface area contributed by atoms with Crippen molar-refractivity contribution in [1.82, 2.24) is 5.32 Å². The lowest BCUT2D eigenvalue weighted by atomic mass is 10.4. The van der Waals surface area contributed by atoms with Crippen LogP contribution in [0.15, 0.2) is 73.2 Å². The van der Waals surface area contributed by atoms with Crippen molar-refractivity contribution in [3.63, 3.8) is 0 Å². The van der Waals surface area contributed by atoms with Gasteiger partial charge in [0.2, 0.25) is 0 Å². The molecule has 1 nitrogen and oxygen atoms in total. The van der Waals surface area contributed by atoms with E-state index in [9.17, 15) is 0 Å². The average molecular weight is 185 g/mol. The van der Waals surface area contributed by atoms with Crippen molar-refractivity contribution >= 4 is 0 Å². The van der Waals surface area contributed by atoms with Crippen LogP contribution in [-0.2, 0) is 0 Å². The van der Waals surface area contributed by atoms with Crippen LogP contribution in [0.2, 0.25) is 0 Å². The summed E-state index contributed by atoms with van der Waals surface area (Å²) in [6.07, 6.45) is 25.1. The van der Waals surface area contributed by atoms with Gasteiger partial charge in [-0.15, -0.1) is 0 Å². The summed E-state index contributed by atoms with van der Waals surface area (Å²) < 4.78 is 0. The van der Waals surface area contributed by atoms with Crippen LogP contribution >= 0.6 is 0 Å². The minimum Gasteiger partial charge on any atom is -0.368 e. The van der Waals surface area contributed by atoms with Crippen molar-refractivity contribution in [3.05, 3.63) is 73.2 Å². The van der Waals surface area contributed by atoms with E-state index in [2.05, 4.69) is 29.6 Å². The van der Waals surface area contributed by atoms with E-state index in [1.165, 1.54) is 0 Å². The normalized spacial score (nSPS) is 16.6. The molecule has 1 heteroatoms. The first-order chi connectivity index (χ1) is 7.00. The Morgan fingerprint density at radius 1 is 0.571 bits per heavy atom. The maximum Gasteiger partial charge on any atom is 0.000442 e. The fourth-order valence-corrected chi connectivity index (χ4v) is 0.927. The van der Waals surface area contributed by atoms with Crippen molar-refractivity contribution in [1.29, 1.82) is 0 Å². The van der Waals surface area contributed by atoms with Gasteiger partial charge in [0.15, 0.2) is 0 Å². The van der Waals surface area contributed by atoms with Crippen molar-refractivity contribution in [3.8, 4) is 0 Å². The molecule has 0 fully saturated rings. The molecule has 1 aliphatic carbocycles. The number of hydrogen-bond donors (Lipinski definition) is 1. The summed E-state index contributed by atoms with van der Waals surface area (Å²) in [6, 6.07) is 0. The highest BCUT2D eigenvalue weighted by atomic mass is 14.8. The Labute approximate surface area is 85.5 Å². The summed E-state index contributed by atoms with van der Waals surface area (Å²) in [5, 5.41) is 2.92. The van der Waals surface area contributed by atoms with Gasteiger partial charge in [-0.05, 0) is 18.6 Å². The summed E-state index contributed by atoms with van der Waals surface area (Å²) in [5.74, 6) is 0. The van der Waals surface area contributed by atoms with E-state index in [0.717, 1.165) is 6.42 Å². The zero-order chi connectivity index (χ0) is 9.90. The molecule has 2 rings (SSSR count). The lowest BCUT2D eigenvalue weighted by Crippen LogP contribution is -1.87. The summed E-state index contributed by atoms with van der Waals surface area (Å²) in [4.78, 5) is 0. The van der Waals surface area contributed by atoms with Gasteiger partial charge in [-0.3, -0.25) is 0 Å². The van der Waals surface area contributed by atoms with Crippen molar-refractivity contribution < 1.29 is 0 Å². The van der Waals surface area contributed by atoms with Crippen LogP contribution < -0.4 is 5.32 Å². The smallest absolute Gasteiger partial charge is 0.000442 e. The SMILES string of the molecule is C1=CC=CCC=C1.C1=CC=CNC=C1. The molecule has 14 heavy (non-hydrogen) atoms. The zero-order valence-corrected chi connectivity index (χ0v) is 8.14. The van der Waals surface area contributed by atoms with E-state index in [0.29, 0.717) is 0 Å². The second-order valence-electron chi connectivity index (χ2n) is 2.75. The second kappa shape index (κ2) is 7.87. The zero-order valence-electron chi connectivity index (χ0n) is 8.14. The van der Waals surface area contributed by atoms with Gasteiger partial charge in [0, 0.05) is 12.4 Å².